The van der Waals surface area contributed by atoms with Gasteiger partial charge in [-0.05, 0) is 22.9 Å². The zero-order chi connectivity index (χ0) is 17.1. The molecular weight excluding hydrogens is 324 g/mol. The molecule has 0 aliphatic rings. The van der Waals surface area contributed by atoms with Crippen LogP contribution in [0.3, 0.4) is 0 Å². The van der Waals surface area contributed by atoms with Crippen molar-refractivity contribution >= 4 is 32.6 Å². The molecule has 6 heteroatoms. The van der Waals surface area contributed by atoms with Crippen LogP contribution < -0.4 is 0 Å². The summed E-state index contributed by atoms with van der Waals surface area (Å²) in [4.78, 5) is 0. The third-order valence-corrected chi connectivity index (χ3v) is 4.88. The molecule has 2 aromatic carbocycles. The van der Waals surface area contributed by atoms with Gasteiger partial charge in [0.05, 0.1) is 34.8 Å². The number of pyridine rings is 2. The summed E-state index contributed by atoms with van der Waals surface area (Å²) < 4.78 is 3.74. The lowest BCUT2D eigenvalue weighted by Gasteiger charge is -2.11. The van der Waals surface area contributed by atoms with Crippen molar-refractivity contribution in [3.63, 3.8) is 0 Å². The molecule has 26 heavy (non-hydrogen) atoms. The van der Waals surface area contributed by atoms with E-state index in [0.717, 1.165) is 44.0 Å². The van der Waals surface area contributed by atoms with Gasteiger partial charge in [-0.2, -0.15) is 0 Å². The van der Waals surface area contributed by atoms with Gasteiger partial charge in [-0.25, -0.2) is 9.03 Å². The average Bonchev–Trinajstić information content (AvgIpc) is 3.36. The van der Waals surface area contributed by atoms with Crippen molar-refractivity contribution in [3.05, 3.63) is 73.1 Å². The van der Waals surface area contributed by atoms with E-state index >= 15 is 0 Å². The van der Waals surface area contributed by atoms with Crippen LogP contribution in [0.5, 0.6) is 0 Å². The Morgan fingerprint density at radius 1 is 0.577 bits per heavy atom. The zero-order valence-electron chi connectivity index (χ0n) is 13.6. The number of hydrogen-bond donors (Lipinski definition) is 0. The number of nitrogens with zero attached hydrogens (tertiary/aromatic N) is 6. The first kappa shape index (κ1) is 13.5. The normalized spacial score (nSPS) is 11.8. The van der Waals surface area contributed by atoms with Gasteiger partial charge in [0.25, 0.3) is 0 Å². The van der Waals surface area contributed by atoms with Crippen LogP contribution in [0.1, 0.15) is 0 Å². The lowest BCUT2D eigenvalue weighted by Crippen LogP contribution is -2.02. The minimum absolute atomic E-state index is 0.928. The summed E-state index contributed by atoms with van der Waals surface area (Å²) in [5.41, 5.74) is 3.80. The van der Waals surface area contributed by atoms with E-state index in [1.165, 1.54) is 0 Å². The first-order chi connectivity index (χ1) is 12.9. The highest BCUT2D eigenvalue weighted by atomic mass is 15.4. The maximum atomic E-state index is 4.32. The SMILES string of the molecule is c1ccc2c(c1)cc(-c1cc3ccccc3c3cnnn13)n1nncc21. The predicted octanol–water partition coefficient (Wildman–Crippen LogP) is 3.75. The fourth-order valence-electron chi connectivity index (χ4n) is 3.69. The van der Waals surface area contributed by atoms with Gasteiger partial charge in [0.2, 0.25) is 0 Å². The van der Waals surface area contributed by atoms with Crippen LogP contribution in [0.25, 0.3) is 44.0 Å². The smallest absolute Gasteiger partial charge is 0.0951 e. The van der Waals surface area contributed by atoms with Crippen molar-refractivity contribution in [3.8, 4) is 11.4 Å². The molecule has 122 valence electrons. The van der Waals surface area contributed by atoms with E-state index in [-0.39, 0.29) is 0 Å². The molecule has 0 fully saturated rings. The molecule has 0 bridgehead atoms. The summed E-state index contributed by atoms with van der Waals surface area (Å²) >= 11 is 0. The van der Waals surface area contributed by atoms with E-state index in [0.29, 0.717) is 0 Å². The zero-order valence-corrected chi connectivity index (χ0v) is 13.6. The van der Waals surface area contributed by atoms with E-state index in [9.17, 15) is 0 Å². The van der Waals surface area contributed by atoms with Crippen molar-refractivity contribution in [1.82, 2.24) is 29.7 Å². The second kappa shape index (κ2) is 4.86. The Morgan fingerprint density at radius 3 is 1.54 bits per heavy atom. The third kappa shape index (κ3) is 1.70. The lowest BCUT2D eigenvalue weighted by atomic mass is 10.1. The van der Waals surface area contributed by atoms with E-state index in [1.807, 2.05) is 33.3 Å². The second-order valence-corrected chi connectivity index (χ2v) is 6.30. The third-order valence-electron chi connectivity index (χ3n) is 4.88. The van der Waals surface area contributed by atoms with Crippen LogP contribution in [0.2, 0.25) is 0 Å². The summed E-state index contributed by atoms with van der Waals surface area (Å²) in [6, 6.07) is 20.8. The van der Waals surface area contributed by atoms with Gasteiger partial charge in [-0.3, -0.25) is 0 Å². The molecule has 6 rings (SSSR count). The average molecular weight is 336 g/mol. The molecule has 0 spiro atoms. The van der Waals surface area contributed by atoms with Crippen LogP contribution >= 0.6 is 0 Å². The molecule has 0 unspecified atom stereocenters. The summed E-state index contributed by atoms with van der Waals surface area (Å²) in [5.74, 6) is 0. The number of rotatable bonds is 1. The van der Waals surface area contributed by atoms with Crippen molar-refractivity contribution < 1.29 is 0 Å². The Hall–Kier alpha value is -3.80. The molecule has 4 heterocycles. The Kier molecular flexibility index (Phi) is 2.52. The van der Waals surface area contributed by atoms with Crippen LogP contribution in [0, 0.1) is 0 Å². The molecule has 0 aliphatic carbocycles. The van der Waals surface area contributed by atoms with Crippen LogP contribution in [-0.4, -0.2) is 29.7 Å². The molecule has 0 saturated carbocycles. The quantitative estimate of drug-likeness (QED) is 0.459. The molecule has 0 aliphatic heterocycles. The maximum Gasteiger partial charge on any atom is 0.0951 e. The lowest BCUT2D eigenvalue weighted by molar-refractivity contribution is 0.831. The Morgan fingerprint density at radius 2 is 1.04 bits per heavy atom. The molecule has 0 N–H and O–H groups in total. The minimum atomic E-state index is 0.928. The largest absolute Gasteiger partial charge is 0.211 e. The summed E-state index contributed by atoms with van der Waals surface area (Å²) in [6.07, 6.45) is 3.59. The molecule has 4 aromatic heterocycles. The first-order valence-corrected chi connectivity index (χ1v) is 8.35. The molecule has 6 nitrogen and oxygen atoms in total. The number of fused-ring (bicyclic) bond motifs is 6. The van der Waals surface area contributed by atoms with Crippen LogP contribution in [0.15, 0.2) is 73.1 Å². The second-order valence-electron chi connectivity index (χ2n) is 6.30. The Bertz CT molecular complexity index is 1330. The molecular formula is C20H12N6. The fraction of sp³-hybridized carbons (Fsp3) is 0. The molecule has 0 amide bonds. The molecule has 0 atom stereocenters. The fourth-order valence-corrected chi connectivity index (χ4v) is 3.69. The van der Waals surface area contributed by atoms with Gasteiger partial charge in [-0.15, -0.1) is 10.2 Å². The van der Waals surface area contributed by atoms with Gasteiger partial charge in [-0.1, -0.05) is 59.0 Å². The van der Waals surface area contributed by atoms with Crippen molar-refractivity contribution in [2.24, 2.45) is 0 Å². The Labute approximate surface area is 147 Å². The van der Waals surface area contributed by atoms with Gasteiger partial charge in [0.1, 0.15) is 0 Å². The van der Waals surface area contributed by atoms with Crippen LogP contribution in [0.4, 0.5) is 0 Å². The molecule has 6 aromatic rings. The van der Waals surface area contributed by atoms with E-state index in [4.69, 9.17) is 0 Å². The Balaban J connectivity index is 1.82. The summed E-state index contributed by atoms with van der Waals surface area (Å²) in [7, 11) is 0. The highest BCUT2D eigenvalue weighted by Crippen LogP contribution is 2.31. The highest BCUT2D eigenvalue weighted by Gasteiger charge is 2.15. The van der Waals surface area contributed by atoms with E-state index in [2.05, 4.69) is 57.0 Å². The number of hydrogen-bond acceptors (Lipinski definition) is 4. The standard InChI is InChI=1S/C20H12N6/c1-3-7-15-13(5-1)9-17(25-19(15)11-21-23-25)18-10-14-6-2-4-8-16(14)20-12-22-24-26(18)20/h1-12H. The topological polar surface area (TPSA) is 60.4 Å². The van der Waals surface area contributed by atoms with E-state index < -0.39 is 0 Å². The van der Waals surface area contributed by atoms with Gasteiger partial charge in [0, 0.05) is 10.8 Å². The molecule has 0 saturated heterocycles. The minimum Gasteiger partial charge on any atom is -0.211 e. The van der Waals surface area contributed by atoms with Gasteiger partial charge >= 0.3 is 0 Å². The number of aromatic nitrogens is 6. The maximum absolute atomic E-state index is 4.32. The predicted molar refractivity (Wildman–Crippen MR) is 100.0 cm³/mol. The monoisotopic (exact) mass is 336 g/mol. The highest BCUT2D eigenvalue weighted by molar-refractivity contribution is 6.00. The summed E-state index contributed by atoms with van der Waals surface area (Å²) in [5, 5.41) is 21.4. The van der Waals surface area contributed by atoms with Crippen LogP contribution in [-0.2, 0) is 0 Å². The first-order valence-electron chi connectivity index (χ1n) is 8.35. The van der Waals surface area contributed by atoms with Gasteiger partial charge in [0.15, 0.2) is 0 Å². The molecule has 0 radical (unpaired) electrons. The number of benzene rings is 2. The summed E-state index contributed by atoms with van der Waals surface area (Å²) in [6.45, 7) is 0. The van der Waals surface area contributed by atoms with Crippen molar-refractivity contribution in [2.75, 3.05) is 0 Å². The van der Waals surface area contributed by atoms with E-state index in [1.54, 1.807) is 12.4 Å². The van der Waals surface area contributed by atoms with Gasteiger partial charge < -0.3 is 0 Å². The van der Waals surface area contributed by atoms with Crippen molar-refractivity contribution in [2.45, 2.75) is 0 Å². The van der Waals surface area contributed by atoms with Crippen molar-refractivity contribution in [1.29, 1.82) is 0 Å².